The van der Waals surface area contributed by atoms with E-state index in [9.17, 15) is 28.7 Å². The fraction of sp³-hybridized carbons (Fsp3) is 0.419. The highest BCUT2D eigenvalue weighted by Gasteiger charge is 2.76. The number of carbonyl (C=O) groups excluding carboxylic acids is 4. The number of halogens is 4. The molecule has 0 aromatic heterocycles. The first-order valence-corrected chi connectivity index (χ1v) is 15.6. The minimum atomic E-state index is -2.07. The van der Waals surface area contributed by atoms with Crippen LogP contribution in [-0.2, 0) is 19.2 Å². The van der Waals surface area contributed by atoms with Gasteiger partial charge in [0, 0.05) is 11.5 Å². The van der Waals surface area contributed by atoms with Crippen molar-refractivity contribution in [3.8, 4) is 11.5 Å². The van der Waals surface area contributed by atoms with Gasteiger partial charge in [-0.05, 0) is 104 Å². The summed E-state index contributed by atoms with van der Waals surface area (Å²) in [4.78, 5) is 54.3. The number of fused-ring (bicyclic) bond motifs is 4. The van der Waals surface area contributed by atoms with Crippen molar-refractivity contribution in [2.24, 2.45) is 17.8 Å². The number of carbonyl (C=O) groups is 4. The molecule has 1 saturated carbocycles. The van der Waals surface area contributed by atoms with Gasteiger partial charge in [-0.1, -0.05) is 11.6 Å². The fourth-order valence-electron chi connectivity index (χ4n) is 7.35. The van der Waals surface area contributed by atoms with Crippen LogP contribution in [0.1, 0.15) is 45.1 Å². The molecule has 2 aliphatic heterocycles. The molecule has 4 amide bonds. The van der Waals surface area contributed by atoms with Gasteiger partial charge in [-0.2, -0.15) is 0 Å². The van der Waals surface area contributed by atoms with E-state index in [0.29, 0.717) is 14.7 Å². The van der Waals surface area contributed by atoms with Gasteiger partial charge in [-0.3, -0.25) is 24.1 Å². The van der Waals surface area contributed by atoms with Crippen molar-refractivity contribution in [1.29, 1.82) is 0 Å². The molecule has 8 nitrogen and oxygen atoms in total. The third kappa shape index (κ3) is 4.04. The zero-order valence-electron chi connectivity index (χ0n) is 23.7. The molecule has 0 unspecified atom stereocenters. The molecule has 1 N–H and O–H groups in total. The molecule has 2 aromatic carbocycles. The lowest BCUT2D eigenvalue weighted by Crippen LogP contribution is -2.60. The summed E-state index contributed by atoms with van der Waals surface area (Å²) >= 11 is 16.7. The van der Waals surface area contributed by atoms with Crippen LogP contribution >= 0.6 is 45.8 Å². The summed E-state index contributed by atoms with van der Waals surface area (Å²) < 4.78 is 19.6. The lowest BCUT2D eigenvalue weighted by molar-refractivity contribution is -0.145. The monoisotopic (exact) mass is 740 g/mol. The number of aromatic hydroxyl groups is 1. The number of phenolic OH excluding ortho intramolecular Hbond substituents is 1. The molecule has 6 atom stereocenters. The summed E-state index contributed by atoms with van der Waals surface area (Å²) in [5.74, 6) is -5.98. The van der Waals surface area contributed by atoms with Crippen LogP contribution in [0.5, 0.6) is 11.5 Å². The number of ether oxygens (including phenoxy) is 1. The van der Waals surface area contributed by atoms with Crippen molar-refractivity contribution >= 4 is 75.1 Å². The van der Waals surface area contributed by atoms with E-state index < -0.39 is 56.6 Å². The van der Waals surface area contributed by atoms with E-state index in [1.54, 1.807) is 32.9 Å². The summed E-state index contributed by atoms with van der Waals surface area (Å²) in [6, 6.07) is 8.03. The Labute approximate surface area is 271 Å². The zero-order valence-corrected chi connectivity index (χ0v) is 27.3. The topological polar surface area (TPSA) is 104 Å². The molecule has 0 bridgehead atoms. The van der Waals surface area contributed by atoms with E-state index in [1.165, 1.54) is 24.1 Å². The third-order valence-electron chi connectivity index (χ3n) is 9.17. The van der Waals surface area contributed by atoms with Gasteiger partial charge < -0.3 is 9.84 Å². The smallest absolute Gasteiger partial charge is 0.258 e. The minimum Gasteiger partial charge on any atom is -0.504 e. The van der Waals surface area contributed by atoms with Crippen molar-refractivity contribution in [2.45, 2.75) is 54.8 Å². The summed E-state index contributed by atoms with van der Waals surface area (Å²) in [7, 11) is 1.38. The second-order valence-electron chi connectivity index (χ2n) is 12.5. The maximum Gasteiger partial charge on any atom is 0.258 e. The summed E-state index contributed by atoms with van der Waals surface area (Å²) in [5, 5.41) is 10.6. The number of nitrogens with zero attached hydrogens (tertiary/aromatic N) is 2. The molecular formula is C31H28Cl2FIN2O6. The van der Waals surface area contributed by atoms with Crippen LogP contribution in [0, 0.1) is 27.1 Å². The maximum absolute atomic E-state index is 14.4. The molecule has 2 aromatic rings. The Hall–Kier alpha value is -2.70. The summed E-state index contributed by atoms with van der Waals surface area (Å²) in [5.41, 5.74) is 0.395. The van der Waals surface area contributed by atoms with Gasteiger partial charge in [-0.15, -0.1) is 23.2 Å². The van der Waals surface area contributed by atoms with Gasteiger partial charge in [0.15, 0.2) is 21.2 Å². The largest absolute Gasteiger partial charge is 0.504 e. The Kier molecular flexibility index (Phi) is 6.98. The Morgan fingerprint density at radius 1 is 1.02 bits per heavy atom. The first-order chi connectivity index (χ1) is 20.1. The molecule has 43 heavy (non-hydrogen) atoms. The highest BCUT2D eigenvalue weighted by Crippen LogP contribution is 2.66. The predicted molar refractivity (Wildman–Crippen MR) is 166 cm³/mol. The molecule has 2 heterocycles. The lowest BCUT2D eigenvalue weighted by atomic mass is 9.56. The molecule has 12 heteroatoms. The van der Waals surface area contributed by atoms with Crippen molar-refractivity contribution in [3.05, 3.63) is 63.0 Å². The number of methoxy groups -OCH3 is 1. The second kappa shape index (κ2) is 9.90. The highest BCUT2D eigenvalue weighted by molar-refractivity contribution is 14.1. The molecule has 6 rings (SSSR count). The molecule has 226 valence electrons. The van der Waals surface area contributed by atoms with Crippen molar-refractivity contribution < 1.29 is 33.4 Å². The van der Waals surface area contributed by atoms with Gasteiger partial charge in [0.1, 0.15) is 5.82 Å². The first kappa shape index (κ1) is 30.3. The van der Waals surface area contributed by atoms with E-state index in [0.717, 1.165) is 17.0 Å². The second-order valence-corrected chi connectivity index (χ2v) is 14.9. The van der Waals surface area contributed by atoms with Gasteiger partial charge in [0.05, 0.1) is 28.2 Å². The Bertz CT molecular complexity index is 1640. The fourth-order valence-corrected chi connectivity index (χ4v) is 8.91. The average molecular weight is 741 g/mol. The van der Waals surface area contributed by atoms with Gasteiger partial charge in [-0.25, -0.2) is 9.29 Å². The number of allylic oxidation sites excluding steroid dienone is 2. The number of amides is 4. The maximum atomic E-state index is 14.4. The van der Waals surface area contributed by atoms with E-state index >= 15 is 0 Å². The number of rotatable bonds is 3. The number of hydrogen-bond acceptors (Lipinski definition) is 6. The van der Waals surface area contributed by atoms with Crippen LogP contribution < -0.4 is 9.64 Å². The van der Waals surface area contributed by atoms with Gasteiger partial charge in [0.2, 0.25) is 11.8 Å². The molecule has 2 saturated heterocycles. The minimum absolute atomic E-state index is 0.100. The van der Waals surface area contributed by atoms with Crippen LogP contribution in [0.15, 0.2) is 48.0 Å². The average Bonchev–Trinajstić information content (AvgIpc) is 3.29. The standard InChI is InChI=1S/C31H28Cl2FIN2O6/c1-29(2,3)37-25(39)18-10-9-17-19(22(18)26(37)40)13-30(32)27(41)36(16-7-5-15(34)6-8-16)28(42)31(30,33)23(17)14-11-20(35)24(38)21(12-14)43-4/h5-9,11-12,18-19,22-23,38H,10,13H2,1-4H3/t18-,19+,22-,23-,30+,31-/m0/s1. The van der Waals surface area contributed by atoms with Crippen LogP contribution in [0.25, 0.3) is 0 Å². The van der Waals surface area contributed by atoms with E-state index in [4.69, 9.17) is 27.9 Å². The van der Waals surface area contributed by atoms with Crippen molar-refractivity contribution in [3.63, 3.8) is 0 Å². The SMILES string of the molecule is COc1cc([C@H]2C3=CC[C@@H]4C(=O)N(C(C)(C)C)C(=O)[C@@H]4[C@@H]3C[C@@]3(Cl)C(=O)N(c4ccc(F)cc4)C(=O)[C@@]23Cl)cc(I)c1O. The molecule has 2 aliphatic carbocycles. The predicted octanol–water partition coefficient (Wildman–Crippen LogP) is 5.51. The number of alkyl halides is 2. The van der Waals surface area contributed by atoms with Crippen molar-refractivity contribution in [1.82, 2.24) is 4.90 Å². The molecule has 0 radical (unpaired) electrons. The van der Waals surface area contributed by atoms with Crippen LogP contribution in [-0.4, -0.2) is 56.0 Å². The number of benzene rings is 2. The third-order valence-corrected chi connectivity index (χ3v) is 11.4. The molecular weight excluding hydrogens is 713 g/mol. The number of imide groups is 2. The molecule has 0 spiro atoms. The first-order valence-electron chi connectivity index (χ1n) is 13.7. The van der Waals surface area contributed by atoms with Crippen LogP contribution in [0.2, 0.25) is 0 Å². The quantitative estimate of drug-likeness (QED) is 0.193. The van der Waals surface area contributed by atoms with E-state index in [-0.39, 0.29) is 41.8 Å². The van der Waals surface area contributed by atoms with Crippen LogP contribution in [0.4, 0.5) is 10.1 Å². The summed E-state index contributed by atoms with van der Waals surface area (Å²) in [6.07, 6.45) is 1.91. The highest BCUT2D eigenvalue weighted by atomic mass is 127. The Morgan fingerprint density at radius 2 is 1.67 bits per heavy atom. The molecule has 3 fully saturated rings. The Morgan fingerprint density at radius 3 is 2.28 bits per heavy atom. The van der Waals surface area contributed by atoms with Gasteiger partial charge in [0.25, 0.3) is 11.8 Å². The lowest BCUT2D eigenvalue weighted by Gasteiger charge is -2.50. The normalized spacial score (nSPS) is 32.0. The number of hydrogen-bond donors (Lipinski definition) is 1. The Balaban J connectivity index is 1.59. The van der Waals surface area contributed by atoms with Crippen LogP contribution in [0.3, 0.4) is 0 Å². The number of anilines is 1. The van der Waals surface area contributed by atoms with E-state index in [2.05, 4.69) is 0 Å². The van der Waals surface area contributed by atoms with Gasteiger partial charge >= 0.3 is 0 Å². The van der Waals surface area contributed by atoms with E-state index in [1.807, 2.05) is 28.7 Å². The molecule has 4 aliphatic rings. The van der Waals surface area contributed by atoms with Crippen molar-refractivity contribution in [2.75, 3.05) is 12.0 Å². The zero-order chi connectivity index (χ0) is 31.4. The number of phenols is 1. The number of likely N-dealkylation sites (tertiary alicyclic amines) is 1. The summed E-state index contributed by atoms with van der Waals surface area (Å²) in [6.45, 7) is 5.36.